The van der Waals surface area contributed by atoms with Gasteiger partial charge in [-0.25, -0.2) is 8.42 Å². The van der Waals surface area contributed by atoms with Crippen LogP contribution in [0.5, 0.6) is 5.75 Å². The third kappa shape index (κ3) is 5.88. The lowest BCUT2D eigenvalue weighted by Crippen LogP contribution is -2.45. The van der Waals surface area contributed by atoms with E-state index in [-0.39, 0.29) is 24.8 Å². The van der Waals surface area contributed by atoms with Crippen molar-refractivity contribution >= 4 is 26.9 Å². The van der Waals surface area contributed by atoms with Gasteiger partial charge < -0.3 is 14.5 Å². The number of hydrogen-bond acceptors (Lipinski definition) is 7. The van der Waals surface area contributed by atoms with E-state index in [0.717, 1.165) is 16.6 Å². The van der Waals surface area contributed by atoms with E-state index in [1.54, 1.807) is 30.3 Å². The average Bonchev–Trinajstić information content (AvgIpc) is 3.59. The van der Waals surface area contributed by atoms with Crippen LogP contribution in [0, 0.1) is 0 Å². The zero-order valence-electron chi connectivity index (χ0n) is 20.4. The Kier molecular flexibility index (Phi) is 7.28. The maximum absolute atomic E-state index is 13.3. The number of aromatic nitrogens is 2. The normalized spacial score (nSPS) is 16.4. The predicted octanol–water partition coefficient (Wildman–Crippen LogP) is 4.29. The molecule has 0 saturated carbocycles. The Balaban J connectivity index is 1.21. The van der Waals surface area contributed by atoms with E-state index in [1.165, 1.54) is 24.5 Å². The van der Waals surface area contributed by atoms with Gasteiger partial charge in [0, 0.05) is 43.1 Å². The van der Waals surface area contributed by atoms with Crippen molar-refractivity contribution in [3.8, 4) is 5.75 Å². The summed E-state index contributed by atoms with van der Waals surface area (Å²) >= 11 is 0. The molecule has 1 unspecified atom stereocenters. The molecule has 1 amide bonds. The molecule has 1 atom stereocenters. The number of sulfonamides is 1. The first-order valence-electron chi connectivity index (χ1n) is 12.0. The zero-order chi connectivity index (χ0) is 27.6. The van der Waals surface area contributed by atoms with Crippen molar-refractivity contribution in [1.29, 1.82) is 0 Å². The number of furan rings is 1. The molecular formula is C26H23F3N4O5S. The molecule has 5 rings (SSSR count). The van der Waals surface area contributed by atoms with Crippen molar-refractivity contribution in [3.63, 3.8) is 0 Å². The predicted molar refractivity (Wildman–Crippen MR) is 133 cm³/mol. The number of halogens is 3. The van der Waals surface area contributed by atoms with Crippen LogP contribution in [0.4, 0.5) is 13.2 Å². The van der Waals surface area contributed by atoms with Crippen LogP contribution < -0.4 is 10.1 Å². The number of hydrogen-bond donors (Lipinski definition) is 1. The van der Waals surface area contributed by atoms with Gasteiger partial charge in [-0.1, -0.05) is 12.1 Å². The molecule has 204 valence electrons. The van der Waals surface area contributed by atoms with Crippen LogP contribution >= 0.6 is 0 Å². The first-order chi connectivity index (χ1) is 18.6. The summed E-state index contributed by atoms with van der Waals surface area (Å²) in [6.45, 7) is 0.183. The Morgan fingerprint density at radius 3 is 2.77 bits per heavy atom. The number of ether oxygens (including phenoxy) is 1. The monoisotopic (exact) mass is 560 g/mol. The minimum absolute atomic E-state index is 0.101. The smallest absolute Gasteiger partial charge is 0.433 e. The molecule has 1 N–H and O–H groups in total. The fourth-order valence-electron chi connectivity index (χ4n) is 4.33. The molecule has 1 aromatic carbocycles. The van der Waals surface area contributed by atoms with Crippen LogP contribution in [-0.4, -0.2) is 41.2 Å². The minimum Gasteiger partial charge on any atom is -0.489 e. The number of amides is 1. The first-order valence-corrected chi connectivity index (χ1v) is 13.4. The van der Waals surface area contributed by atoms with Crippen molar-refractivity contribution < 1.29 is 35.5 Å². The maximum atomic E-state index is 13.3. The maximum Gasteiger partial charge on any atom is 0.433 e. The quantitative estimate of drug-likeness (QED) is 0.342. The van der Waals surface area contributed by atoms with Gasteiger partial charge in [-0.15, -0.1) is 0 Å². The van der Waals surface area contributed by atoms with Crippen molar-refractivity contribution in [1.82, 2.24) is 19.6 Å². The number of nitrogens with zero attached hydrogens (tertiary/aromatic N) is 3. The molecule has 4 heterocycles. The highest BCUT2D eigenvalue weighted by atomic mass is 32.2. The van der Waals surface area contributed by atoms with E-state index < -0.39 is 33.8 Å². The van der Waals surface area contributed by atoms with Gasteiger partial charge in [0.2, 0.25) is 11.0 Å². The fraction of sp³-hybridized carbons (Fsp3) is 0.269. The lowest BCUT2D eigenvalue weighted by molar-refractivity contribution is -0.141. The number of carbonyl (C=O) groups excluding carboxylic acids is 1. The van der Waals surface area contributed by atoms with Crippen molar-refractivity contribution in [3.05, 3.63) is 83.9 Å². The fourth-order valence-corrected chi connectivity index (χ4v) is 5.94. The molecule has 0 radical (unpaired) electrons. The molecule has 1 aliphatic rings. The van der Waals surface area contributed by atoms with E-state index in [1.807, 2.05) is 0 Å². The number of benzene rings is 1. The summed E-state index contributed by atoms with van der Waals surface area (Å²) in [4.78, 5) is 20.3. The summed E-state index contributed by atoms with van der Waals surface area (Å²) in [5.41, 5.74) is 0.360. The van der Waals surface area contributed by atoms with Gasteiger partial charge in [0.1, 0.15) is 29.7 Å². The van der Waals surface area contributed by atoms with E-state index in [4.69, 9.17) is 9.15 Å². The summed E-state index contributed by atoms with van der Waals surface area (Å²) in [6, 6.07) is 11.2. The second-order valence-electron chi connectivity index (χ2n) is 8.95. The lowest BCUT2D eigenvalue weighted by atomic mass is 10.2. The number of alkyl halides is 3. The molecule has 1 fully saturated rings. The summed E-state index contributed by atoms with van der Waals surface area (Å²) in [6.07, 6.45) is 0.407. The van der Waals surface area contributed by atoms with E-state index in [2.05, 4.69) is 15.3 Å². The van der Waals surface area contributed by atoms with E-state index in [0.29, 0.717) is 40.7 Å². The Hall–Kier alpha value is -3.97. The molecule has 0 spiro atoms. The molecule has 0 aliphatic carbocycles. The van der Waals surface area contributed by atoms with Gasteiger partial charge >= 0.3 is 6.18 Å². The number of fused-ring (bicyclic) bond motifs is 1. The first kappa shape index (κ1) is 26.6. The van der Waals surface area contributed by atoms with Gasteiger partial charge in [0.15, 0.2) is 0 Å². The Labute approximate surface area is 221 Å². The molecular weight excluding hydrogens is 537 g/mol. The van der Waals surface area contributed by atoms with Crippen LogP contribution in [0.25, 0.3) is 11.0 Å². The highest BCUT2D eigenvalue weighted by Crippen LogP contribution is 2.30. The second kappa shape index (κ2) is 10.7. The molecule has 1 saturated heterocycles. The summed E-state index contributed by atoms with van der Waals surface area (Å²) in [5.74, 6) is -0.0480. The lowest BCUT2D eigenvalue weighted by Gasteiger charge is -2.22. The van der Waals surface area contributed by atoms with Crippen molar-refractivity contribution in [2.45, 2.75) is 43.3 Å². The molecule has 1 aliphatic heterocycles. The molecule has 4 aromatic rings. The third-order valence-corrected chi connectivity index (χ3v) is 8.01. The zero-order valence-corrected chi connectivity index (χ0v) is 21.2. The molecule has 9 nitrogen and oxygen atoms in total. The number of rotatable bonds is 8. The van der Waals surface area contributed by atoms with Crippen LogP contribution in [0.2, 0.25) is 0 Å². The van der Waals surface area contributed by atoms with Gasteiger partial charge in [0.05, 0.1) is 0 Å². The van der Waals surface area contributed by atoms with E-state index >= 15 is 0 Å². The van der Waals surface area contributed by atoms with Crippen LogP contribution in [0.15, 0.2) is 76.6 Å². The Morgan fingerprint density at radius 2 is 1.97 bits per heavy atom. The number of pyridine rings is 2. The third-order valence-electron chi connectivity index (χ3n) is 6.25. The standard InChI is InChI=1S/C26H23F3N4O5S/c27-26(28,29)23-12-18(6-9-31-23)16-37-20-4-1-3-17(11-20)14-32-25(34)21-5-2-10-33(21)39(35,36)24-13-19-15-30-8-7-22(19)38-24/h1,3-4,6-9,11-13,15,21H,2,5,10,14,16H2,(H,32,34). The Morgan fingerprint density at radius 1 is 1.13 bits per heavy atom. The summed E-state index contributed by atoms with van der Waals surface area (Å²) in [5, 5.41) is 3.07. The summed E-state index contributed by atoms with van der Waals surface area (Å²) < 4.78 is 77.5. The largest absolute Gasteiger partial charge is 0.489 e. The van der Waals surface area contributed by atoms with Crippen molar-refractivity contribution in [2.24, 2.45) is 0 Å². The van der Waals surface area contributed by atoms with Crippen LogP contribution in [0.3, 0.4) is 0 Å². The highest BCUT2D eigenvalue weighted by molar-refractivity contribution is 7.89. The average molecular weight is 561 g/mol. The topological polar surface area (TPSA) is 115 Å². The Bertz CT molecular complexity index is 1570. The van der Waals surface area contributed by atoms with Gasteiger partial charge in [-0.2, -0.15) is 17.5 Å². The highest BCUT2D eigenvalue weighted by Gasteiger charge is 2.41. The van der Waals surface area contributed by atoms with Gasteiger partial charge in [-0.3, -0.25) is 14.8 Å². The molecule has 13 heteroatoms. The van der Waals surface area contributed by atoms with Crippen LogP contribution in [-0.2, 0) is 34.1 Å². The van der Waals surface area contributed by atoms with Crippen molar-refractivity contribution in [2.75, 3.05) is 6.54 Å². The minimum atomic E-state index is -4.55. The van der Waals surface area contributed by atoms with E-state index in [9.17, 15) is 26.4 Å². The number of nitrogens with one attached hydrogen (secondary N) is 1. The van der Waals surface area contributed by atoms with Crippen LogP contribution in [0.1, 0.15) is 29.7 Å². The molecule has 39 heavy (non-hydrogen) atoms. The van der Waals surface area contributed by atoms with Gasteiger partial charge in [0.25, 0.3) is 10.0 Å². The summed E-state index contributed by atoms with van der Waals surface area (Å²) in [7, 11) is -4.05. The SMILES string of the molecule is O=C(NCc1cccc(OCc2ccnc(C(F)(F)F)c2)c1)C1CCCN1S(=O)(=O)c1cc2cnccc2o1. The molecule has 0 bridgehead atoms. The second-order valence-corrected chi connectivity index (χ2v) is 10.8. The number of carbonyl (C=O) groups is 1. The van der Waals surface area contributed by atoms with Gasteiger partial charge in [-0.05, 0) is 54.3 Å². The molecule has 3 aromatic heterocycles.